The van der Waals surface area contributed by atoms with Gasteiger partial charge >= 0.3 is 6.18 Å². The lowest BCUT2D eigenvalue weighted by molar-refractivity contribution is -0.137. The number of anilines is 2. The third-order valence-corrected chi connectivity index (χ3v) is 7.51. The maximum Gasteiger partial charge on any atom is 0.416 e. The van der Waals surface area contributed by atoms with E-state index < -0.39 is 23.5 Å². The van der Waals surface area contributed by atoms with Crippen LogP contribution < -0.4 is 11.1 Å². The third-order valence-electron chi connectivity index (χ3n) is 7.51. The number of pyridine rings is 1. The number of hydrogen-bond acceptors (Lipinski definition) is 7. The number of carbonyl (C=O) groups is 2. The topological polar surface area (TPSA) is 128 Å². The number of nitrogens with two attached hydrogens (primary N) is 1. The van der Waals surface area contributed by atoms with E-state index in [1.165, 1.54) is 25.4 Å². The Hall–Kier alpha value is -4.59. The van der Waals surface area contributed by atoms with Crippen LogP contribution in [0, 0.1) is 5.82 Å². The molecule has 0 aliphatic carbocycles. The summed E-state index contributed by atoms with van der Waals surface area (Å²) in [6.07, 6.45) is 1.22. The van der Waals surface area contributed by atoms with Crippen LogP contribution in [-0.4, -0.2) is 62.4 Å². The van der Waals surface area contributed by atoms with Gasteiger partial charge in [0.2, 0.25) is 5.91 Å². The first-order valence-electron chi connectivity index (χ1n) is 13.5. The highest BCUT2D eigenvalue weighted by Crippen LogP contribution is 2.36. The van der Waals surface area contributed by atoms with Crippen molar-refractivity contribution in [3.63, 3.8) is 0 Å². The molecule has 4 heterocycles. The number of likely N-dealkylation sites (tertiary alicyclic amines) is 1. The van der Waals surface area contributed by atoms with Crippen LogP contribution in [0.2, 0.25) is 0 Å². The van der Waals surface area contributed by atoms with Crippen molar-refractivity contribution in [1.29, 1.82) is 0 Å². The molecule has 1 aliphatic heterocycles. The van der Waals surface area contributed by atoms with Gasteiger partial charge in [0, 0.05) is 55.3 Å². The quantitative estimate of drug-likeness (QED) is 0.289. The minimum atomic E-state index is -4.62. The molecular weight excluding hydrogens is 570 g/mol. The van der Waals surface area contributed by atoms with Gasteiger partial charge in [0.25, 0.3) is 5.91 Å². The smallest absolute Gasteiger partial charge is 0.384 e. The number of nitrogens with one attached hydrogen (secondary N) is 1. The SMILES string of the molecule is COCCC(=O)N1C[C@H](c2nc(-c3ccc(C(=O)Nc4cc(C(F)(F)F)ccn4)cc3F)c3c(N)nccn23)CC[C@@H]1C. The fraction of sp³-hybridized carbons (Fsp3) is 0.345. The first kappa shape index (κ1) is 29.9. The lowest BCUT2D eigenvalue weighted by atomic mass is 9.92. The Bertz CT molecular complexity index is 1670. The van der Waals surface area contributed by atoms with E-state index in [0.29, 0.717) is 30.6 Å². The average Bonchev–Trinajstić information content (AvgIpc) is 3.36. The van der Waals surface area contributed by atoms with E-state index >= 15 is 4.39 Å². The summed E-state index contributed by atoms with van der Waals surface area (Å²) in [5.41, 5.74) is 5.73. The second-order valence-electron chi connectivity index (χ2n) is 10.3. The second-order valence-corrected chi connectivity index (χ2v) is 10.3. The van der Waals surface area contributed by atoms with Gasteiger partial charge in [-0.15, -0.1) is 0 Å². The number of piperidine rings is 1. The average molecular weight is 600 g/mol. The highest BCUT2D eigenvalue weighted by atomic mass is 19.4. The molecule has 14 heteroatoms. The maximum absolute atomic E-state index is 15.6. The Morgan fingerprint density at radius 1 is 1.14 bits per heavy atom. The molecule has 5 rings (SSSR count). The highest BCUT2D eigenvalue weighted by molar-refractivity contribution is 6.04. The number of ether oxygens (including phenoxy) is 1. The summed E-state index contributed by atoms with van der Waals surface area (Å²) in [6.45, 7) is 2.72. The first-order chi connectivity index (χ1) is 20.5. The number of benzene rings is 1. The van der Waals surface area contributed by atoms with Crippen LogP contribution in [0.4, 0.5) is 29.2 Å². The van der Waals surface area contributed by atoms with E-state index in [4.69, 9.17) is 15.5 Å². The van der Waals surface area contributed by atoms with Crippen LogP contribution in [-0.2, 0) is 15.7 Å². The van der Waals surface area contributed by atoms with Gasteiger partial charge in [-0.3, -0.25) is 14.0 Å². The van der Waals surface area contributed by atoms with Crippen molar-refractivity contribution < 1.29 is 31.9 Å². The summed E-state index contributed by atoms with van der Waals surface area (Å²) in [7, 11) is 1.54. The van der Waals surface area contributed by atoms with Gasteiger partial charge in [-0.2, -0.15) is 13.2 Å². The number of carbonyl (C=O) groups excluding carboxylic acids is 2. The van der Waals surface area contributed by atoms with Crippen LogP contribution in [0.3, 0.4) is 0 Å². The molecule has 0 spiro atoms. The van der Waals surface area contributed by atoms with Crippen molar-refractivity contribution in [2.75, 3.05) is 31.3 Å². The van der Waals surface area contributed by atoms with Crippen LogP contribution in [0.15, 0.2) is 48.9 Å². The van der Waals surface area contributed by atoms with Crippen molar-refractivity contribution in [1.82, 2.24) is 24.3 Å². The number of imidazole rings is 1. The molecule has 2 amide bonds. The second kappa shape index (κ2) is 12.0. The van der Waals surface area contributed by atoms with Gasteiger partial charge in [-0.05, 0) is 50.1 Å². The molecule has 43 heavy (non-hydrogen) atoms. The molecule has 0 radical (unpaired) electrons. The third kappa shape index (κ3) is 6.14. The first-order valence-corrected chi connectivity index (χ1v) is 13.5. The number of nitrogens with zero attached hydrogens (tertiary/aromatic N) is 5. The van der Waals surface area contributed by atoms with Gasteiger partial charge in [0.1, 0.15) is 34.5 Å². The summed E-state index contributed by atoms with van der Waals surface area (Å²) >= 11 is 0. The number of nitrogen functional groups attached to an aromatic ring is 1. The maximum atomic E-state index is 15.6. The fourth-order valence-electron chi connectivity index (χ4n) is 5.27. The molecule has 3 aromatic heterocycles. The number of aromatic nitrogens is 4. The zero-order valence-corrected chi connectivity index (χ0v) is 23.4. The number of halogens is 4. The molecule has 1 saturated heterocycles. The van der Waals surface area contributed by atoms with Gasteiger partial charge in [-0.1, -0.05) is 0 Å². The van der Waals surface area contributed by atoms with Crippen molar-refractivity contribution in [2.45, 2.75) is 44.3 Å². The molecule has 0 saturated carbocycles. The number of methoxy groups -OCH3 is 1. The lowest BCUT2D eigenvalue weighted by Crippen LogP contribution is -2.45. The summed E-state index contributed by atoms with van der Waals surface area (Å²) in [4.78, 5) is 40.1. The van der Waals surface area contributed by atoms with Crippen LogP contribution in [0.25, 0.3) is 16.8 Å². The molecule has 226 valence electrons. The molecule has 0 unspecified atom stereocenters. The Morgan fingerprint density at radius 3 is 2.65 bits per heavy atom. The number of fused-ring (bicyclic) bond motifs is 1. The predicted octanol–water partition coefficient (Wildman–Crippen LogP) is 4.91. The number of amides is 2. The summed E-state index contributed by atoms with van der Waals surface area (Å²) < 4.78 is 61.5. The summed E-state index contributed by atoms with van der Waals surface area (Å²) in [6, 6.07) is 5.16. The van der Waals surface area contributed by atoms with Gasteiger partial charge in [0.15, 0.2) is 0 Å². The van der Waals surface area contributed by atoms with E-state index in [9.17, 15) is 22.8 Å². The molecule has 1 fully saturated rings. The van der Waals surface area contributed by atoms with E-state index in [2.05, 4.69) is 15.3 Å². The lowest BCUT2D eigenvalue weighted by Gasteiger charge is -2.37. The molecule has 1 aromatic carbocycles. The molecule has 10 nitrogen and oxygen atoms in total. The highest BCUT2D eigenvalue weighted by Gasteiger charge is 2.33. The van der Waals surface area contributed by atoms with Crippen molar-refractivity contribution in [2.24, 2.45) is 0 Å². The van der Waals surface area contributed by atoms with Gasteiger partial charge in [0.05, 0.1) is 18.6 Å². The van der Waals surface area contributed by atoms with E-state index in [1.807, 2.05) is 11.8 Å². The molecule has 4 aromatic rings. The molecular formula is C29H29F4N7O3. The summed E-state index contributed by atoms with van der Waals surface area (Å²) in [5, 5.41) is 2.27. The van der Waals surface area contributed by atoms with Crippen LogP contribution in [0.1, 0.15) is 53.8 Å². The van der Waals surface area contributed by atoms with Crippen LogP contribution in [0.5, 0.6) is 0 Å². The van der Waals surface area contributed by atoms with E-state index in [1.54, 1.807) is 10.6 Å². The van der Waals surface area contributed by atoms with E-state index in [-0.39, 0.29) is 52.7 Å². The Balaban J connectivity index is 1.45. The molecule has 3 N–H and O–H groups in total. The largest absolute Gasteiger partial charge is 0.416 e. The fourth-order valence-corrected chi connectivity index (χ4v) is 5.27. The molecule has 0 bridgehead atoms. The van der Waals surface area contributed by atoms with Crippen molar-refractivity contribution in [3.8, 4) is 11.3 Å². The Labute approximate surface area is 243 Å². The number of hydrogen-bond donors (Lipinski definition) is 2. The normalized spacial score (nSPS) is 17.3. The standard InChI is InChI=1S/C29H29F4N7O3/c1-16-3-4-18(15-40(16)23(41)8-12-43-2)27-38-24(25-26(34)36-10-11-39(25)27)20-6-5-17(13-21(20)30)28(42)37-22-14-19(7-9-35-22)29(31,32)33/h5-7,9-11,13-14,16,18H,3-4,8,12,15H2,1-2H3,(H2,34,36)(H,35,37,42)/t16-,18+/m0/s1. The van der Waals surface area contributed by atoms with Gasteiger partial charge in [-0.25, -0.2) is 19.3 Å². The van der Waals surface area contributed by atoms with E-state index in [0.717, 1.165) is 31.2 Å². The summed E-state index contributed by atoms with van der Waals surface area (Å²) in [5.74, 6) is -1.46. The monoisotopic (exact) mass is 599 g/mol. The minimum Gasteiger partial charge on any atom is -0.384 e. The number of alkyl halides is 3. The molecule has 1 aliphatic rings. The predicted molar refractivity (Wildman–Crippen MR) is 150 cm³/mol. The Morgan fingerprint density at radius 2 is 1.93 bits per heavy atom. The van der Waals surface area contributed by atoms with Crippen molar-refractivity contribution >= 4 is 29.0 Å². The number of rotatable bonds is 7. The van der Waals surface area contributed by atoms with Crippen molar-refractivity contribution in [3.05, 3.63) is 71.7 Å². The zero-order chi connectivity index (χ0) is 30.9. The molecule has 2 atom stereocenters. The van der Waals surface area contributed by atoms with Gasteiger partial charge < -0.3 is 20.7 Å². The van der Waals surface area contributed by atoms with Crippen LogP contribution >= 0.6 is 0 Å². The minimum absolute atomic E-state index is 0.0263. The Kier molecular flexibility index (Phi) is 8.31. The zero-order valence-electron chi connectivity index (χ0n) is 23.4.